The van der Waals surface area contributed by atoms with Crippen LogP contribution in [-0.2, 0) is 4.79 Å². The number of nitrogens with zero attached hydrogens (tertiary/aromatic N) is 3. The molecule has 212 valence electrons. The second-order valence-corrected chi connectivity index (χ2v) is 8.95. The summed E-state index contributed by atoms with van der Waals surface area (Å²) in [5, 5.41) is 26.1. The molecule has 4 rings (SSSR count). The van der Waals surface area contributed by atoms with Gasteiger partial charge in [-0.15, -0.1) is 12.4 Å². The molecule has 0 aliphatic heterocycles. The highest BCUT2D eigenvalue weighted by Crippen LogP contribution is 2.36. The summed E-state index contributed by atoms with van der Waals surface area (Å²) in [4.78, 5) is 32.1. The van der Waals surface area contributed by atoms with Gasteiger partial charge in [0.1, 0.15) is 23.2 Å². The predicted octanol–water partition coefficient (Wildman–Crippen LogP) is 6.07. The number of aromatic nitrogens is 1. The number of pyridine rings is 1. The molecule has 2 amide bonds. The van der Waals surface area contributed by atoms with Crippen molar-refractivity contribution in [3.8, 4) is 34.2 Å². The number of halogens is 2. The van der Waals surface area contributed by atoms with Crippen molar-refractivity contribution in [3.05, 3.63) is 84.1 Å². The summed E-state index contributed by atoms with van der Waals surface area (Å²) in [5.41, 5.74) is 1.85. The van der Waals surface area contributed by atoms with E-state index < -0.39 is 11.7 Å². The van der Waals surface area contributed by atoms with Gasteiger partial charge >= 0.3 is 0 Å². The van der Waals surface area contributed by atoms with E-state index in [4.69, 9.17) is 4.42 Å². The van der Waals surface area contributed by atoms with Crippen LogP contribution in [0.1, 0.15) is 36.9 Å². The van der Waals surface area contributed by atoms with Gasteiger partial charge in [0.25, 0.3) is 5.91 Å². The lowest BCUT2D eigenvalue weighted by atomic mass is 9.97. The number of carbonyl (C=O) groups excluding carboxylic acids is 2. The van der Waals surface area contributed by atoms with Crippen LogP contribution in [-0.4, -0.2) is 45.9 Å². The average Bonchev–Trinajstić information content (AvgIpc) is 3.49. The molecule has 41 heavy (non-hydrogen) atoms. The lowest BCUT2D eigenvalue weighted by molar-refractivity contribution is -0.120. The van der Waals surface area contributed by atoms with Crippen molar-refractivity contribution in [2.24, 2.45) is 0 Å². The first-order valence-electron chi connectivity index (χ1n) is 12.7. The fourth-order valence-electron chi connectivity index (χ4n) is 4.36. The Hall–Kier alpha value is -4.72. The van der Waals surface area contributed by atoms with E-state index in [2.05, 4.69) is 21.7 Å². The number of amides is 2. The number of hydrogen-bond acceptors (Lipinski definition) is 7. The molecule has 0 aliphatic carbocycles. The fourth-order valence-corrected chi connectivity index (χ4v) is 4.36. The van der Waals surface area contributed by atoms with Crippen molar-refractivity contribution in [1.29, 1.82) is 5.26 Å². The highest BCUT2D eigenvalue weighted by molar-refractivity contribution is 6.03. The Bertz CT molecular complexity index is 1580. The molecule has 9 nitrogen and oxygen atoms in total. The highest BCUT2D eigenvalue weighted by atomic mass is 35.5. The lowest BCUT2D eigenvalue weighted by Crippen LogP contribution is -2.41. The van der Waals surface area contributed by atoms with Crippen LogP contribution in [0.25, 0.3) is 22.4 Å². The third-order valence-electron chi connectivity index (χ3n) is 6.52. The first-order valence-corrected chi connectivity index (χ1v) is 12.7. The molecular formula is C30H29ClFN5O4. The van der Waals surface area contributed by atoms with Crippen LogP contribution in [0.3, 0.4) is 0 Å². The first-order chi connectivity index (χ1) is 19.2. The zero-order valence-electron chi connectivity index (χ0n) is 22.6. The Balaban J connectivity index is 0.00000462. The van der Waals surface area contributed by atoms with Crippen molar-refractivity contribution in [3.63, 3.8) is 0 Å². The normalized spacial score (nSPS) is 11.3. The Labute approximate surface area is 243 Å². The van der Waals surface area contributed by atoms with Gasteiger partial charge in [0.2, 0.25) is 5.91 Å². The molecule has 0 radical (unpaired) electrons. The maximum atomic E-state index is 13.7. The van der Waals surface area contributed by atoms with Gasteiger partial charge in [-0.2, -0.15) is 5.26 Å². The SMILES string of the molecule is CCN(CC)C(C)C(=O)Nc1cccc(-c2cc(-c3ccc(F)cc3O)nc(NC(=O)c3ccco3)c2C#N)c1.Cl. The topological polar surface area (TPSA) is 131 Å². The van der Waals surface area contributed by atoms with E-state index in [9.17, 15) is 24.3 Å². The van der Waals surface area contributed by atoms with E-state index >= 15 is 0 Å². The Kier molecular flexibility index (Phi) is 10.2. The molecule has 2 heterocycles. The third-order valence-corrected chi connectivity index (χ3v) is 6.52. The number of furan rings is 1. The average molecular weight is 578 g/mol. The fraction of sp³-hybridized carbons (Fsp3) is 0.200. The van der Waals surface area contributed by atoms with Crippen LogP contribution in [0.4, 0.5) is 15.9 Å². The van der Waals surface area contributed by atoms with E-state index in [1.807, 2.05) is 25.7 Å². The van der Waals surface area contributed by atoms with Crippen LogP contribution in [0.15, 0.2) is 71.3 Å². The van der Waals surface area contributed by atoms with Crippen LogP contribution in [0.2, 0.25) is 0 Å². The zero-order chi connectivity index (χ0) is 28.8. The molecule has 4 aromatic rings. The van der Waals surface area contributed by atoms with Gasteiger partial charge < -0.3 is 20.2 Å². The predicted molar refractivity (Wildman–Crippen MR) is 156 cm³/mol. The summed E-state index contributed by atoms with van der Waals surface area (Å²) in [6.07, 6.45) is 1.34. The molecule has 0 fully saturated rings. The Morgan fingerprint density at radius 1 is 1.07 bits per heavy atom. The van der Waals surface area contributed by atoms with Gasteiger partial charge in [-0.1, -0.05) is 26.0 Å². The van der Waals surface area contributed by atoms with Crippen molar-refractivity contribution in [1.82, 2.24) is 9.88 Å². The minimum Gasteiger partial charge on any atom is -0.507 e. The van der Waals surface area contributed by atoms with Gasteiger partial charge in [-0.3, -0.25) is 14.5 Å². The summed E-state index contributed by atoms with van der Waals surface area (Å²) in [6, 6.07) is 16.7. The first kappa shape index (κ1) is 30.8. The number of carbonyl (C=O) groups is 2. The molecule has 2 aromatic heterocycles. The van der Waals surface area contributed by atoms with Gasteiger partial charge in [0.15, 0.2) is 11.6 Å². The van der Waals surface area contributed by atoms with Crippen LogP contribution >= 0.6 is 12.4 Å². The molecule has 1 unspecified atom stereocenters. The van der Waals surface area contributed by atoms with Gasteiger partial charge in [-0.25, -0.2) is 9.37 Å². The number of rotatable bonds is 9. The number of hydrogen-bond donors (Lipinski definition) is 3. The number of aromatic hydroxyl groups is 1. The number of nitrogens with one attached hydrogen (secondary N) is 2. The second-order valence-electron chi connectivity index (χ2n) is 8.95. The maximum absolute atomic E-state index is 13.7. The molecule has 1 atom stereocenters. The monoisotopic (exact) mass is 577 g/mol. The van der Waals surface area contributed by atoms with Gasteiger partial charge in [0.05, 0.1) is 18.0 Å². The molecule has 11 heteroatoms. The molecular weight excluding hydrogens is 549 g/mol. The summed E-state index contributed by atoms with van der Waals surface area (Å²) in [7, 11) is 0. The van der Waals surface area contributed by atoms with E-state index in [0.29, 0.717) is 16.8 Å². The number of nitriles is 1. The van der Waals surface area contributed by atoms with Crippen molar-refractivity contribution in [2.75, 3.05) is 23.7 Å². The molecule has 0 bridgehead atoms. The van der Waals surface area contributed by atoms with E-state index in [0.717, 1.165) is 19.2 Å². The number of benzene rings is 2. The maximum Gasteiger partial charge on any atom is 0.292 e. The summed E-state index contributed by atoms with van der Waals surface area (Å²) in [5.74, 6) is -1.88. The smallest absolute Gasteiger partial charge is 0.292 e. The molecule has 0 saturated carbocycles. The molecule has 3 N–H and O–H groups in total. The van der Waals surface area contributed by atoms with Crippen LogP contribution < -0.4 is 10.6 Å². The second kappa shape index (κ2) is 13.6. The van der Waals surface area contributed by atoms with Gasteiger partial charge in [-0.05, 0) is 68.0 Å². The number of phenols is 1. The van der Waals surface area contributed by atoms with Gasteiger partial charge in [0, 0.05) is 22.9 Å². The highest BCUT2D eigenvalue weighted by Gasteiger charge is 2.22. The molecule has 2 aromatic carbocycles. The van der Waals surface area contributed by atoms with Crippen molar-refractivity contribution < 1.29 is 23.5 Å². The van der Waals surface area contributed by atoms with E-state index in [1.54, 1.807) is 36.4 Å². The molecule has 0 spiro atoms. The quantitative estimate of drug-likeness (QED) is 0.220. The number of phenolic OH excluding ortho intramolecular Hbond substituents is 1. The third kappa shape index (κ3) is 6.90. The molecule has 0 saturated heterocycles. The largest absolute Gasteiger partial charge is 0.507 e. The molecule has 0 aliphatic rings. The summed E-state index contributed by atoms with van der Waals surface area (Å²) < 4.78 is 18.9. The lowest BCUT2D eigenvalue weighted by Gasteiger charge is -2.25. The Morgan fingerprint density at radius 3 is 2.46 bits per heavy atom. The minimum atomic E-state index is -0.635. The van der Waals surface area contributed by atoms with Crippen molar-refractivity contribution in [2.45, 2.75) is 26.8 Å². The summed E-state index contributed by atoms with van der Waals surface area (Å²) in [6.45, 7) is 7.25. The number of anilines is 2. The Morgan fingerprint density at radius 2 is 1.83 bits per heavy atom. The van der Waals surface area contributed by atoms with Crippen LogP contribution in [0, 0.1) is 17.1 Å². The standard InChI is InChI=1S/C30H28FN5O4.ClH/c1-4-36(5-2)18(3)29(38)33-21-9-6-8-19(14-21)23-16-25(22-12-11-20(31)15-26(22)37)34-28(24(23)17-32)35-30(39)27-10-7-13-40-27;/h6-16,18,37H,4-5H2,1-3H3,(H,33,38)(H,34,35,39);1H. The summed E-state index contributed by atoms with van der Waals surface area (Å²) >= 11 is 0. The van der Waals surface area contributed by atoms with E-state index in [1.165, 1.54) is 24.5 Å². The zero-order valence-corrected chi connectivity index (χ0v) is 23.5. The van der Waals surface area contributed by atoms with Crippen molar-refractivity contribution >= 4 is 35.7 Å². The van der Waals surface area contributed by atoms with E-state index in [-0.39, 0.29) is 58.5 Å². The van der Waals surface area contributed by atoms with Crippen LogP contribution in [0.5, 0.6) is 5.75 Å². The number of likely N-dealkylation sites (N-methyl/N-ethyl adjacent to an activating group) is 1. The minimum absolute atomic E-state index is 0.